The summed E-state index contributed by atoms with van der Waals surface area (Å²) >= 11 is 0. The molecule has 20 heavy (non-hydrogen) atoms. The Morgan fingerprint density at radius 1 is 1.15 bits per heavy atom. The summed E-state index contributed by atoms with van der Waals surface area (Å²) in [7, 11) is 4.44. The van der Waals surface area contributed by atoms with Crippen LogP contribution >= 0.6 is 0 Å². The third-order valence-electron chi connectivity index (χ3n) is 3.56. The molecule has 116 valence electrons. The van der Waals surface area contributed by atoms with Gasteiger partial charge in [-0.3, -0.25) is 0 Å². The first kappa shape index (κ1) is 19.0. The highest BCUT2D eigenvalue weighted by atomic mass is 15.2. The monoisotopic (exact) mass is 278 g/mol. The molecule has 0 aromatic heterocycles. The number of likely N-dealkylation sites (N-methyl/N-ethyl adjacent to an activating group) is 2. The van der Waals surface area contributed by atoms with Gasteiger partial charge in [-0.15, -0.1) is 0 Å². The summed E-state index contributed by atoms with van der Waals surface area (Å²) in [4.78, 5) is 4.86. The molecule has 1 aromatic carbocycles. The Balaban J connectivity index is 0.000000829. The summed E-state index contributed by atoms with van der Waals surface area (Å²) < 4.78 is 0. The molecule has 0 bridgehead atoms. The third kappa shape index (κ3) is 5.96. The van der Waals surface area contributed by atoms with Gasteiger partial charge in [-0.1, -0.05) is 39.8 Å². The Labute approximate surface area is 126 Å². The minimum absolute atomic E-state index is 0.667. The Kier molecular flexibility index (Phi) is 10.2. The van der Waals surface area contributed by atoms with Gasteiger partial charge in [-0.25, -0.2) is 0 Å². The average molecular weight is 278 g/mol. The lowest BCUT2D eigenvalue weighted by molar-refractivity contribution is 0.248. The lowest BCUT2D eigenvalue weighted by Gasteiger charge is -2.37. The van der Waals surface area contributed by atoms with Crippen LogP contribution in [0.25, 0.3) is 0 Å². The molecular formula is C18H34N2. The van der Waals surface area contributed by atoms with Crippen LogP contribution in [-0.2, 0) is 0 Å². The van der Waals surface area contributed by atoms with Gasteiger partial charge in [-0.2, -0.15) is 0 Å². The Bertz CT molecular complexity index is 349. The standard InChI is InChI=1S/C14H22N2.2C2H6/c1-12-6-4-7-13(10-12)16(3)14-8-5-9-15(2)11-14;2*1-2/h4,6-7,10,14H,5,8-9,11H2,1-3H3;2*1-2H3. The smallest absolute Gasteiger partial charge is 0.0414 e. The quantitative estimate of drug-likeness (QED) is 0.781. The van der Waals surface area contributed by atoms with Gasteiger partial charge in [0.25, 0.3) is 0 Å². The Hall–Kier alpha value is -1.02. The third-order valence-corrected chi connectivity index (χ3v) is 3.56. The van der Waals surface area contributed by atoms with Crippen molar-refractivity contribution in [2.24, 2.45) is 0 Å². The van der Waals surface area contributed by atoms with Crippen LogP contribution in [0, 0.1) is 6.92 Å². The van der Waals surface area contributed by atoms with E-state index >= 15 is 0 Å². The van der Waals surface area contributed by atoms with E-state index in [0.717, 1.165) is 0 Å². The van der Waals surface area contributed by atoms with Crippen molar-refractivity contribution in [3.63, 3.8) is 0 Å². The first-order valence-electron chi connectivity index (χ1n) is 8.15. The molecule has 1 heterocycles. The zero-order chi connectivity index (χ0) is 15.5. The van der Waals surface area contributed by atoms with Gasteiger partial charge >= 0.3 is 0 Å². The van der Waals surface area contributed by atoms with Crippen LogP contribution in [0.2, 0.25) is 0 Å². The van der Waals surface area contributed by atoms with Crippen molar-refractivity contribution >= 4 is 5.69 Å². The maximum Gasteiger partial charge on any atom is 0.0414 e. The predicted molar refractivity (Wildman–Crippen MR) is 92.8 cm³/mol. The van der Waals surface area contributed by atoms with Crippen molar-refractivity contribution in [2.75, 3.05) is 32.1 Å². The number of benzene rings is 1. The number of anilines is 1. The number of rotatable bonds is 2. The Morgan fingerprint density at radius 2 is 1.80 bits per heavy atom. The number of piperidine rings is 1. The fourth-order valence-corrected chi connectivity index (χ4v) is 2.51. The number of aryl methyl sites for hydroxylation is 1. The van der Waals surface area contributed by atoms with Gasteiger partial charge in [0, 0.05) is 25.3 Å². The minimum Gasteiger partial charge on any atom is -0.370 e. The van der Waals surface area contributed by atoms with E-state index in [1.807, 2.05) is 27.7 Å². The van der Waals surface area contributed by atoms with E-state index in [0.29, 0.717) is 6.04 Å². The molecule has 1 atom stereocenters. The fraction of sp³-hybridized carbons (Fsp3) is 0.667. The molecule has 0 aliphatic carbocycles. The summed E-state index contributed by atoms with van der Waals surface area (Å²) in [6.07, 6.45) is 2.63. The molecule has 1 aliphatic heterocycles. The second-order valence-electron chi connectivity index (χ2n) is 5.01. The zero-order valence-electron chi connectivity index (χ0n) is 14.6. The summed E-state index contributed by atoms with van der Waals surface area (Å²) in [5.74, 6) is 0. The van der Waals surface area contributed by atoms with Gasteiger partial charge in [0.05, 0.1) is 0 Å². The van der Waals surface area contributed by atoms with E-state index in [4.69, 9.17) is 0 Å². The number of nitrogens with zero attached hydrogens (tertiary/aromatic N) is 2. The molecule has 0 saturated carbocycles. The normalized spacial score (nSPS) is 18.2. The maximum absolute atomic E-state index is 2.43. The second-order valence-corrected chi connectivity index (χ2v) is 5.01. The van der Waals surface area contributed by atoms with E-state index in [1.54, 1.807) is 0 Å². The summed E-state index contributed by atoms with van der Waals surface area (Å²) in [6.45, 7) is 12.6. The van der Waals surface area contributed by atoms with E-state index in [9.17, 15) is 0 Å². The lowest BCUT2D eigenvalue weighted by atomic mass is 10.0. The van der Waals surface area contributed by atoms with Crippen LogP contribution < -0.4 is 4.90 Å². The summed E-state index contributed by atoms with van der Waals surface area (Å²) in [5.41, 5.74) is 2.69. The van der Waals surface area contributed by atoms with Crippen molar-refractivity contribution in [3.8, 4) is 0 Å². The Morgan fingerprint density at radius 3 is 2.35 bits per heavy atom. The first-order chi connectivity index (χ1) is 9.66. The molecule has 0 spiro atoms. The lowest BCUT2D eigenvalue weighted by Crippen LogP contribution is -2.45. The molecule has 0 radical (unpaired) electrons. The SMILES string of the molecule is CC.CC.Cc1cccc(N(C)C2CCCN(C)C2)c1. The van der Waals surface area contributed by atoms with E-state index in [-0.39, 0.29) is 0 Å². The van der Waals surface area contributed by atoms with Crippen molar-refractivity contribution < 1.29 is 0 Å². The molecule has 1 fully saturated rings. The number of likely N-dealkylation sites (tertiary alicyclic amines) is 1. The number of hydrogen-bond acceptors (Lipinski definition) is 2. The van der Waals surface area contributed by atoms with Crippen molar-refractivity contribution in [2.45, 2.75) is 53.5 Å². The first-order valence-corrected chi connectivity index (χ1v) is 8.15. The van der Waals surface area contributed by atoms with E-state index in [1.165, 1.54) is 37.2 Å². The van der Waals surface area contributed by atoms with E-state index in [2.05, 4.69) is 55.1 Å². The van der Waals surface area contributed by atoms with Gasteiger partial charge in [-0.05, 0) is 51.1 Å². The molecule has 2 nitrogen and oxygen atoms in total. The molecule has 1 saturated heterocycles. The largest absolute Gasteiger partial charge is 0.370 e. The highest BCUT2D eigenvalue weighted by Gasteiger charge is 2.21. The van der Waals surface area contributed by atoms with Gasteiger partial charge in [0.15, 0.2) is 0 Å². The second kappa shape index (κ2) is 10.7. The predicted octanol–water partition coefficient (Wildman–Crippen LogP) is 4.58. The van der Waals surface area contributed by atoms with Crippen LogP contribution in [0.4, 0.5) is 5.69 Å². The van der Waals surface area contributed by atoms with Crippen LogP contribution in [0.5, 0.6) is 0 Å². The van der Waals surface area contributed by atoms with Crippen LogP contribution in [0.1, 0.15) is 46.1 Å². The molecule has 1 aromatic rings. The highest BCUT2D eigenvalue weighted by molar-refractivity contribution is 5.48. The fourth-order valence-electron chi connectivity index (χ4n) is 2.51. The molecule has 1 unspecified atom stereocenters. The average Bonchev–Trinajstić information content (AvgIpc) is 2.50. The van der Waals surface area contributed by atoms with Crippen LogP contribution in [-0.4, -0.2) is 38.1 Å². The van der Waals surface area contributed by atoms with Gasteiger partial charge in [0.1, 0.15) is 0 Å². The number of hydrogen-bond donors (Lipinski definition) is 0. The van der Waals surface area contributed by atoms with Gasteiger partial charge in [0.2, 0.25) is 0 Å². The van der Waals surface area contributed by atoms with Gasteiger partial charge < -0.3 is 9.80 Å². The molecule has 2 rings (SSSR count). The highest BCUT2D eigenvalue weighted by Crippen LogP contribution is 2.21. The van der Waals surface area contributed by atoms with Crippen LogP contribution in [0.15, 0.2) is 24.3 Å². The molecular weight excluding hydrogens is 244 g/mol. The molecule has 2 heteroatoms. The summed E-state index contributed by atoms with van der Waals surface area (Å²) in [5, 5.41) is 0. The van der Waals surface area contributed by atoms with Crippen molar-refractivity contribution in [1.82, 2.24) is 4.90 Å². The summed E-state index contributed by atoms with van der Waals surface area (Å²) in [6, 6.07) is 9.45. The molecule has 1 aliphatic rings. The van der Waals surface area contributed by atoms with Crippen molar-refractivity contribution in [3.05, 3.63) is 29.8 Å². The topological polar surface area (TPSA) is 6.48 Å². The van der Waals surface area contributed by atoms with Crippen LogP contribution in [0.3, 0.4) is 0 Å². The molecule has 0 amide bonds. The maximum atomic E-state index is 2.43. The minimum atomic E-state index is 0.667. The molecule has 0 N–H and O–H groups in total. The van der Waals surface area contributed by atoms with E-state index < -0.39 is 0 Å². The van der Waals surface area contributed by atoms with Crippen molar-refractivity contribution in [1.29, 1.82) is 0 Å². The zero-order valence-corrected chi connectivity index (χ0v) is 14.6.